The number of hydrogen-bond acceptors (Lipinski definition) is 5. The van der Waals surface area contributed by atoms with Crippen LogP contribution >= 0.6 is 0 Å². The number of carbonyl (C=O) groups excluding carboxylic acids is 2. The Bertz CT molecular complexity index is 299. The van der Waals surface area contributed by atoms with Gasteiger partial charge in [-0.2, -0.15) is 0 Å². The molecule has 0 saturated carbocycles. The van der Waals surface area contributed by atoms with E-state index >= 15 is 0 Å². The van der Waals surface area contributed by atoms with Crippen molar-refractivity contribution in [3.8, 4) is 0 Å². The van der Waals surface area contributed by atoms with Gasteiger partial charge in [-0.05, 0) is 48.5 Å². The van der Waals surface area contributed by atoms with Crippen molar-refractivity contribution in [3.63, 3.8) is 0 Å². The first-order valence-corrected chi connectivity index (χ1v) is 6.23. The average Bonchev–Trinajstić information content (AvgIpc) is 2.11. The van der Waals surface area contributed by atoms with E-state index in [1.165, 1.54) is 6.92 Å². The molecule has 0 aromatic rings. The first-order valence-electron chi connectivity index (χ1n) is 6.23. The number of aliphatic hydroxyl groups excluding tert-OH is 1. The van der Waals surface area contributed by atoms with E-state index in [2.05, 4.69) is 0 Å². The van der Waals surface area contributed by atoms with Crippen LogP contribution in [0.25, 0.3) is 0 Å². The molecular formula is C13H25NO5. The summed E-state index contributed by atoms with van der Waals surface area (Å²) in [6.07, 6.45) is -1.66. The van der Waals surface area contributed by atoms with E-state index in [-0.39, 0.29) is 6.61 Å². The molecule has 0 aliphatic heterocycles. The molecule has 1 unspecified atom stereocenters. The summed E-state index contributed by atoms with van der Waals surface area (Å²) in [5.74, 6) is 0. The summed E-state index contributed by atoms with van der Waals surface area (Å²) in [5, 5.41) is 9.14. The second kappa shape index (κ2) is 6.23. The maximum absolute atomic E-state index is 12.0. The summed E-state index contributed by atoms with van der Waals surface area (Å²) >= 11 is 0. The Morgan fingerprint density at radius 2 is 1.32 bits per heavy atom. The van der Waals surface area contributed by atoms with Crippen LogP contribution in [-0.2, 0) is 9.47 Å². The molecule has 2 amide bonds. The lowest BCUT2D eigenvalue weighted by atomic mass is 10.2. The van der Waals surface area contributed by atoms with Crippen molar-refractivity contribution >= 4 is 12.2 Å². The van der Waals surface area contributed by atoms with E-state index in [1.54, 1.807) is 41.5 Å². The molecule has 0 saturated heterocycles. The summed E-state index contributed by atoms with van der Waals surface area (Å²) in [6, 6.07) is -0.718. The standard InChI is InChI=1S/C13H25NO5/c1-9(8-15)14(10(16)18-12(2,3)4)11(17)19-13(5,6)7/h9,15H,8H2,1-7H3. The summed E-state index contributed by atoms with van der Waals surface area (Å²) in [7, 11) is 0. The van der Waals surface area contributed by atoms with Crippen LogP contribution in [0.5, 0.6) is 0 Å². The van der Waals surface area contributed by atoms with Crippen molar-refractivity contribution in [3.05, 3.63) is 0 Å². The molecule has 6 nitrogen and oxygen atoms in total. The second-order valence-electron chi connectivity index (χ2n) is 6.36. The minimum absolute atomic E-state index is 0.363. The van der Waals surface area contributed by atoms with Gasteiger partial charge in [-0.1, -0.05) is 0 Å². The molecule has 1 N–H and O–H groups in total. The maximum atomic E-state index is 12.0. The fourth-order valence-electron chi connectivity index (χ4n) is 1.14. The largest absolute Gasteiger partial charge is 0.443 e. The Balaban J connectivity index is 5.02. The van der Waals surface area contributed by atoms with E-state index in [0.29, 0.717) is 0 Å². The molecule has 19 heavy (non-hydrogen) atoms. The van der Waals surface area contributed by atoms with E-state index in [9.17, 15) is 9.59 Å². The molecule has 1 atom stereocenters. The van der Waals surface area contributed by atoms with E-state index in [4.69, 9.17) is 14.6 Å². The summed E-state index contributed by atoms with van der Waals surface area (Å²) in [6.45, 7) is 11.4. The Morgan fingerprint density at radius 3 is 1.53 bits per heavy atom. The summed E-state index contributed by atoms with van der Waals surface area (Å²) in [4.78, 5) is 24.7. The van der Waals surface area contributed by atoms with Gasteiger partial charge in [0.1, 0.15) is 11.2 Å². The molecule has 0 bridgehead atoms. The van der Waals surface area contributed by atoms with Crippen molar-refractivity contribution in [2.45, 2.75) is 65.7 Å². The number of amides is 2. The van der Waals surface area contributed by atoms with Crippen LogP contribution in [0.1, 0.15) is 48.5 Å². The zero-order valence-electron chi connectivity index (χ0n) is 12.8. The zero-order chi connectivity index (χ0) is 15.4. The quantitative estimate of drug-likeness (QED) is 0.838. The molecule has 0 rings (SSSR count). The van der Waals surface area contributed by atoms with Crippen LogP contribution in [0.2, 0.25) is 0 Å². The lowest BCUT2D eigenvalue weighted by Gasteiger charge is -2.31. The molecule has 0 aliphatic carbocycles. The smallest absolute Gasteiger partial charge is 0.420 e. The molecule has 0 fully saturated rings. The average molecular weight is 275 g/mol. The van der Waals surface area contributed by atoms with Gasteiger partial charge < -0.3 is 14.6 Å². The van der Waals surface area contributed by atoms with Gasteiger partial charge >= 0.3 is 12.2 Å². The summed E-state index contributed by atoms with van der Waals surface area (Å²) < 4.78 is 10.3. The molecule has 112 valence electrons. The third-order valence-corrected chi connectivity index (χ3v) is 1.89. The van der Waals surface area contributed by atoms with Gasteiger partial charge in [0.2, 0.25) is 0 Å². The number of hydrogen-bond donors (Lipinski definition) is 1. The van der Waals surface area contributed by atoms with Crippen LogP contribution in [0.4, 0.5) is 9.59 Å². The molecule has 0 aromatic heterocycles. The summed E-state index contributed by atoms with van der Waals surface area (Å²) in [5.41, 5.74) is -1.46. The molecule has 0 aromatic carbocycles. The predicted molar refractivity (Wildman–Crippen MR) is 70.9 cm³/mol. The number of nitrogens with zero attached hydrogens (tertiary/aromatic N) is 1. The number of aliphatic hydroxyl groups is 1. The molecule has 0 aliphatic rings. The minimum Gasteiger partial charge on any atom is -0.443 e. The van der Waals surface area contributed by atoms with Crippen LogP contribution in [0.15, 0.2) is 0 Å². The van der Waals surface area contributed by atoms with Crippen molar-refractivity contribution in [2.24, 2.45) is 0 Å². The monoisotopic (exact) mass is 275 g/mol. The lowest BCUT2D eigenvalue weighted by Crippen LogP contribution is -2.49. The highest BCUT2D eigenvalue weighted by Crippen LogP contribution is 2.16. The van der Waals surface area contributed by atoms with Crippen LogP contribution in [0, 0.1) is 0 Å². The molecular weight excluding hydrogens is 250 g/mol. The first-order chi connectivity index (χ1) is 8.37. The molecule has 0 radical (unpaired) electrons. The van der Waals surface area contributed by atoms with Gasteiger partial charge in [-0.3, -0.25) is 0 Å². The van der Waals surface area contributed by atoms with Gasteiger partial charge in [0.05, 0.1) is 12.6 Å². The van der Waals surface area contributed by atoms with Crippen LogP contribution in [0.3, 0.4) is 0 Å². The van der Waals surface area contributed by atoms with Crippen LogP contribution < -0.4 is 0 Å². The minimum atomic E-state index is -0.830. The van der Waals surface area contributed by atoms with Gasteiger partial charge in [0.15, 0.2) is 0 Å². The Labute approximate surface area is 114 Å². The topological polar surface area (TPSA) is 76.1 Å². The van der Waals surface area contributed by atoms with Crippen LogP contribution in [-0.4, -0.2) is 46.0 Å². The van der Waals surface area contributed by atoms with Crippen molar-refractivity contribution in [1.82, 2.24) is 4.90 Å². The second-order valence-corrected chi connectivity index (χ2v) is 6.36. The molecule has 0 spiro atoms. The first kappa shape index (κ1) is 17.7. The highest BCUT2D eigenvalue weighted by atomic mass is 16.6. The van der Waals surface area contributed by atoms with Crippen molar-refractivity contribution in [1.29, 1.82) is 0 Å². The fraction of sp³-hybridized carbons (Fsp3) is 0.846. The van der Waals surface area contributed by atoms with Gasteiger partial charge in [0.25, 0.3) is 0 Å². The Morgan fingerprint density at radius 1 is 1.00 bits per heavy atom. The number of ether oxygens (including phenoxy) is 2. The van der Waals surface area contributed by atoms with Crippen molar-refractivity contribution < 1.29 is 24.2 Å². The highest BCUT2D eigenvalue weighted by Gasteiger charge is 2.34. The van der Waals surface area contributed by atoms with Gasteiger partial charge in [-0.25, -0.2) is 14.5 Å². The molecule has 6 heteroatoms. The fourth-order valence-corrected chi connectivity index (χ4v) is 1.14. The Kier molecular flexibility index (Phi) is 5.81. The predicted octanol–water partition coefficient (Wildman–Crippen LogP) is 2.54. The number of carbonyl (C=O) groups is 2. The SMILES string of the molecule is CC(CO)N(C(=O)OC(C)(C)C)C(=O)OC(C)(C)C. The van der Waals surface area contributed by atoms with Gasteiger partial charge in [0, 0.05) is 0 Å². The normalized spacial score (nSPS) is 13.7. The number of rotatable bonds is 2. The van der Waals surface area contributed by atoms with Gasteiger partial charge in [-0.15, -0.1) is 0 Å². The number of imide groups is 1. The molecule has 0 heterocycles. The highest BCUT2D eigenvalue weighted by molar-refractivity contribution is 5.88. The van der Waals surface area contributed by atoms with Crippen molar-refractivity contribution in [2.75, 3.05) is 6.61 Å². The van der Waals surface area contributed by atoms with E-state index in [0.717, 1.165) is 4.90 Å². The maximum Gasteiger partial charge on any atom is 0.420 e. The van der Waals surface area contributed by atoms with E-state index in [1.807, 2.05) is 0 Å². The third-order valence-electron chi connectivity index (χ3n) is 1.89. The zero-order valence-corrected chi connectivity index (χ0v) is 12.8. The van der Waals surface area contributed by atoms with E-state index < -0.39 is 29.4 Å². The third kappa shape index (κ3) is 7.00. The Hall–Kier alpha value is -1.30. The lowest BCUT2D eigenvalue weighted by molar-refractivity contribution is -0.0108.